The van der Waals surface area contributed by atoms with Crippen LogP contribution in [0.25, 0.3) is 10.9 Å². The highest BCUT2D eigenvalue weighted by molar-refractivity contribution is 5.90. The third-order valence-electron chi connectivity index (χ3n) is 4.39. The Balaban J connectivity index is 1.91. The van der Waals surface area contributed by atoms with E-state index in [0.29, 0.717) is 12.0 Å². The molecule has 112 valence electrons. The monoisotopic (exact) mass is 285 g/mol. The molecular weight excluding hydrogens is 262 g/mol. The molecule has 0 radical (unpaired) electrons. The maximum absolute atomic E-state index is 5.88. The first-order valence-corrected chi connectivity index (χ1v) is 7.74. The summed E-state index contributed by atoms with van der Waals surface area (Å²) in [5, 5.41) is 1.09. The summed E-state index contributed by atoms with van der Waals surface area (Å²) in [6.45, 7) is 8.70. The van der Waals surface area contributed by atoms with Crippen LogP contribution in [0.5, 0.6) is 0 Å². The molecular formula is C16H23N5. The number of hydrogen-bond donors (Lipinski definition) is 1. The largest absolute Gasteiger partial charge is 0.368 e. The van der Waals surface area contributed by atoms with Crippen molar-refractivity contribution in [3.63, 3.8) is 0 Å². The van der Waals surface area contributed by atoms with E-state index >= 15 is 0 Å². The minimum Gasteiger partial charge on any atom is -0.368 e. The van der Waals surface area contributed by atoms with Crippen LogP contribution in [0.15, 0.2) is 24.3 Å². The Kier molecular flexibility index (Phi) is 3.92. The van der Waals surface area contributed by atoms with Crippen molar-refractivity contribution < 1.29 is 0 Å². The van der Waals surface area contributed by atoms with Gasteiger partial charge in [-0.3, -0.25) is 4.90 Å². The smallest absolute Gasteiger partial charge is 0.222 e. The van der Waals surface area contributed by atoms with Gasteiger partial charge >= 0.3 is 0 Å². The van der Waals surface area contributed by atoms with E-state index < -0.39 is 0 Å². The van der Waals surface area contributed by atoms with Crippen molar-refractivity contribution >= 4 is 22.7 Å². The normalized spacial score (nSPS) is 18.8. The number of nitrogens with zero attached hydrogens (tertiary/aromatic N) is 4. The van der Waals surface area contributed by atoms with Crippen LogP contribution in [-0.2, 0) is 0 Å². The Morgan fingerprint density at radius 1 is 1.24 bits per heavy atom. The number of benzene rings is 1. The lowest BCUT2D eigenvalue weighted by Crippen LogP contribution is -2.37. The molecule has 1 fully saturated rings. The lowest BCUT2D eigenvalue weighted by molar-refractivity contribution is 0.232. The Morgan fingerprint density at radius 3 is 2.76 bits per heavy atom. The summed E-state index contributed by atoms with van der Waals surface area (Å²) >= 11 is 0. The van der Waals surface area contributed by atoms with Crippen molar-refractivity contribution in [2.45, 2.75) is 26.3 Å². The zero-order valence-electron chi connectivity index (χ0n) is 12.8. The molecule has 2 aromatic rings. The number of likely N-dealkylation sites (N-methyl/N-ethyl adjacent to an activating group) is 1. The number of para-hydroxylation sites is 1. The molecule has 2 heterocycles. The van der Waals surface area contributed by atoms with E-state index in [0.717, 1.165) is 42.9 Å². The second kappa shape index (κ2) is 5.85. The van der Waals surface area contributed by atoms with Crippen LogP contribution in [0, 0.1) is 0 Å². The molecule has 0 saturated carbocycles. The van der Waals surface area contributed by atoms with Gasteiger partial charge in [0, 0.05) is 24.5 Å². The molecule has 21 heavy (non-hydrogen) atoms. The molecule has 5 nitrogen and oxygen atoms in total. The number of nitrogens with two attached hydrogens (primary N) is 1. The minimum absolute atomic E-state index is 0.356. The maximum Gasteiger partial charge on any atom is 0.222 e. The van der Waals surface area contributed by atoms with E-state index in [1.54, 1.807) is 0 Å². The average Bonchev–Trinajstić information content (AvgIpc) is 2.97. The van der Waals surface area contributed by atoms with Gasteiger partial charge in [-0.1, -0.05) is 26.0 Å². The second-order valence-corrected chi connectivity index (χ2v) is 5.53. The predicted octanol–water partition coefficient (Wildman–Crippen LogP) is 2.13. The Hall–Kier alpha value is -1.88. The molecule has 0 aliphatic carbocycles. The molecule has 2 N–H and O–H groups in total. The summed E-state index contributed by atoms with van der Waals surface area (Å²) in [4.78, 5) is 13.7. The van der Waals surface area contributed by atoms with Gasteiger partial charge in [0.05, 0.1) is 5.52 Å². The Labute approximate surface area is 125 Å². The van der Waals surface area contributed by atoms with E-state index in [9.17, 15) is 0 Å². The van der Waals surface area contributed by atoms with Crippen molar-refractivity contribution in [1.29, 1.82) is 0 Å². The summed E-state index contributed by atoms with van der Waals surface area (Å²) < 4.78 is 0. The van der Waals surface area contributed by atoms with Gasteiger partial charge in [0.2, 0.25) is 5.95 Å². The lowest BCUT2D eigenvalue weighted by Gasteiger charge is -2.26. The van der Waals surface area contributed by atoms with Gasteiger partial charge in [0.1, 0.15) is 5.82 Å². The zero-order valence-corrected chi connectivity index (χ0v) is 12.8. The highest BCUT2D eigenvalue weighted by atomic mass is 15.3. The molecule has 1 unspecified atom stereocenters. The number of nitrogen functional groups attached to an aromatic ring is 1. The molecule has 1 atom stereocenters. The topological polar surface area (TPSA) is 58.3 Å². The number of aromatic nitrogens is 2. The molecule has 0 amide bonds. The first-order valence-electron chi connectivity index (χ1n) is 7.74. The van der Waals surface area contributed by atoms with E-state index in [-0.39, 0.29) is 0 Å². The first-order chi connectivity index (χ1) is 10.2. The van der Waals surface area contributed by atoms with Crippen LogP contribution in [0.1, 0.15) is 20.3 Å². The van der Waals surface area contributed by atoms with Crippen LogP contribution >= 0.6 is 0 Å². The molecule has 3 rings (SSSR count). The number of anilines is 2. The standard InChI is InChI=1S/C16H23N5/c1-3-20(4-2)12-9-10-21(11-12)15-13-7-5-6-8-14(13)18-16(17)19-15/h5-8,12H,3-4,9-11H2,1-2H3,(H2,17,18,19). The van der Waals surface area contributed by atoms with Crippen LogP contribution in [-0.4, -0.2) is 47.1 Å². The fourth-order valence-electron chi connectivity index (χ4n) is 3.29. The fraction of sp³-hybridized carbons (Fsp3) is 0.500. The van der Waals surface area contributed by atoms with Crippen LogP contribution < -0.4 is 10.6 Å². The predicted molar refractivity (Wildman–Crippen MR) is 87.5 cm³/mol. The molecule has 1 aliphatic heterocycles. The van der Waals surface area contributed by atoms with Crippen molar-refractivity contribution in [2.24, 2.45) is 0 Å². The molecule has 0 spiro atoms. The van der Waals surface area contributed by atoms with Crippen LogP contribution in [0.3, 0.4) is 0 Å². The summed E-state index contributed by atoms with van der Waals surface area (Å²) in [7, 11) is 0. The summed E-state index contributed by atoms with van der Waals surface area (Å²) in [6.07, 6.45) is 1.18. The number of rotatable bonds is 4. The zero-order chi connectivity index (χ0) is 14.8. The van der Waals surface area contributed by atoms with Gasteiger partial charge in [-0.2, -0.15) is 4.98 Å². The number of hydrogen-bond acceptors (Lipinski definition) is 5. The van der Waals surface area contributed by atoms with Gasteiger partial charge in [-0.15, -0.1) is 0 Å². The highest BCUT2D eigenvalue weighted by Gasteiger charge is 2.28. The first kappa shape index (κ1) is 14.1. The molecule has 1 aliphatic rings. The number of fused-ring (bicyclic) bond motifs is 1. The van der Waals surface area contributed by atoms with Gasteiger partial charge in [-0.05, 0) is 31.6 Å². The van der Waals surface area contributed by atoms with Gasteiger partial charge in [0.25, 0.3) is 0 Å². The molecule has 1 aromatic heterocycles. The van der Waals surface area contributed by atoms with Crippen LogP contribution in [0.4, 0.5) is 11.8 Å². The van der Waals surface area contributed by atoms with E-state index in [1.165, 1.54) is 6.42 Å². The Morgan fingerprint density at radius 2 is 2.00 bits per heavy atom. The average molecular weight is 285 g/mol. The SMILES string of the molecule is CCN(CC)C1CCN(c2nc(N)nc3ccccc23)C1. The second-order valence-electron chi connectivity index (χ2n) is 5.53. The summed E-state index contributed by atoms with van der Waals surface area (Å²) in [5.74, 6) is 1.34. The van der Waals surface area contributed by atoms with E-state index in [2.05, 4.69) is 39.7 Å². The van der Waals surface area contributed by atoms with Crippen molar-refractivity contribution in [3.8, 4) is 0 Å². The third-order valence-corrected chi connectivity index (χ3v) is 4.39. The molecule has 1 saturated heterocycles. The van der Waals surface area contributed by atoms with Gasteiger partial charge in [-0.25, -0.2) is 4.98 Å². The summed E-state index contributed by atoms with van der Waals surface area (Å²) in [6, 6.07) is 8.70. The minimum atomic E-state index is 0.356. The van der Waals surface area contributed by atoms with E-state index in [1.807, 2.05) is 18.2 Å². The van der Waals surface area contributed by atoms with Gasteiger partial charge in [0.15, 0.2) is 0 Å². The third kappa shape index (κ3) is 2.65. The summed E-state index contributed by atoms with van der Waals surface area (Å²) in [5.41, 5.74) is 6.80. The van der Waals surface area contributed by atoms with Gasteiger partial charge < -0.3 is 10.6 Å². The van der Waals surface area contributed by atoms with Crippen molar-refractivity contribution in [1.82, 2.24) is 14.9 Å². The Bertz CT molecular complexity index is 623. The lowest BCUT2D eigenvalue weighted by atomic mass is 10.2. The quantitative estimate of drug-likeness (QED) is 0.932. The van der Waals surface area contributed by atoms with E-state index in [4.69, 9.17) is 5.73 Å². The fourth-order valence-corrected chi connectivity index (χ4v) is 3.29. The molecule has 5 heteroatoms. The van der Waals surface area contributed by atoms with Crippen molar-refractivity contribution in [3.05, 3.63) is 24.3 Å². The highest BCUT2D eigenvalue weighted by Crippen LogP contribution is 2.28. The van der Waals surface area contributed by atoms with Crippen molar-refractivity contribution in [2.75, 3.05) is 36.8 Å². The van der Waals surface area contributed by atoms with Crippen LogP contribution in [0.2, 0.25) is 0 Å². The molecule has 1 aromatic carbocycles. The molecule has 0 bridgehead atoms. The maximum atomic E-state index is 5.88.